The lowest BCUT2D eigenvalue weighted by atomic mass is 9.79. The van der Waals surface area contributed by atoms with Crippen LogP contribution in [0.5, 0.6) is 0 Å². The summed E-state index contributed by atoms with van der Waals surface area (Å²) in [6.07, 6.45) is 6.15. The van der Waals surface area contributed by atoms with Gasteiger partial charge in [0.2, 0.25) is 5.91 Å². The molecule has 4 rings (SSSR count). The van der Waals surface area contributed by atoms with Gasteiger partial charge in [-0.15, -0.1) is 0 Å². The molecule has 1 amide bonds. The number of carbonyl (C=O) groups is 2. The predicted octanol–water partition coefficient (Wildman–Crippen LogP) is 3.35. The van der Waals surface area contributed by atoms with Gasteiger partial charge in [-0.3, -0.25) is 9.59 Å². The summed E-state index contributed by atoms with van der Waals surface area (Å²) in [6, 6.07) is 10.1. The maximum Gasteiger partial charge on any atom is 0.341 e. The molecule has 1 fully saturated rings. The Balaban J connectivity index is 1.83. The number of amides is 1. The van der Waals surface area contributed by atoms with E-state index in [0.717, 1.165) is 31.2 Å². The van der Waals surface area contributed by atoms with Crippen LogP contribution in [0.3, 0.4) is 0 Å². The maximum absolute atomic E-state index is 13.3. The summed E-state index contributed by atoms with van der Waals surface area (Å²) in [5.74, 6) is -1.04. The van der Waals surface area contributed by atoms with Gasteiger partial charge in [0.15, 0.2) is 0 Å². The second kappa shape index (κ2) is 7.85. The van der Waals surface area contributed by atoms with Gasteiger partial charge in [0.1, 0.15) is 5.56 Å². The average molecular weight is 394 g/mol. The van der Waals surface area contributed by atoms with Gasteiger partial charge >= 0.3 is 5.97 Å². The minimum absolute atomic E-state index is 0.0369. The SMILES string of the molecule is CC(=O)N1CCc2c(cn([C@@H]3CCCC[C@H]3c3ccccc3)c(=O)c2C(=O)O)C1. The number of pyridine rings is 1. The average Bonchev–Trinajstić information content (AvgIpc) is 2.73. The lowest BCUT2D eigenvalue weighted by molar-refractivity contribution is -0.129. The molecule has 6 nitrogen and oxygen atoms in total. The number of hydrogen-bond donors (Lipinski definition) is 1. The van der Waals surface area contributed by atoms with E-state index in [4.69, 9.17) is 0 Å². The lowest BCUT2D eigenvalue weighted by Gasteiger charge is -2.35. The van der Waals surface area contributed by atoms with Gasteiger partial charge in [-0.05, 0) is 36.0 Å². The zero-order valence-corrected chi connectivity index (χ0v) is 16.6. The Labute approximate surface area is 169 Å². The van der Waals surface area contributed by atoms with E-state index in [1.807, 2.05) is 24.4 Å². The number of benzene rings is 1. The van der Waals surface area contributed by atoms with Crippen molar-refractivity contribution in [3.8, 4) is 0 Å². The summed E-state index contributed by atoms with van der Waals surface area (Å²) in [6.45, 7) is 2.32. The number of nitrogens with zero attached hydrogens (tertiary/aromatic N) is 2. The van der Waals surface area contributed by atoms with E-state index >= 15 is 0 Å². The van der Waals surface area contributed by atoms with Gasteiger partial charge in [0.05, 0.1) is 0 Å². The molecule has 1 aliphatic carbocycles. The number of aromatic carboxylic acids is 1. The van der Waals surface area contributed by atoms with Crippen molar-refractivity contribution >= 4 is 11.9 Å². The fourth-order valence-corrected chi connectivity index (χ4v) is 4.95. The van der Waals surface area contributed by atoms with E-state index in [9.17, 15) is 19.5 Å². The highest BCUT2D eigenvalue weighted by Crippen LogP contribution is 2.40. The van der Waals surface area contributed by atoms with Crippen LogP contribution in [-0.4, -0.2) is 33.0 Å². The number of fused-ring (bicyclic) bond motifs is 1. The van der Waals surface area contributed by atoms with E-state index < -0.39 is 11.5 Å². The van der Waals surface area contributed by atoms with Gasteiger partial charge in [0, 0.05) is 38.2 Å². The maximum atomic E-state index is 13.3. The normalized spacial score (nSPS) is 21.5. The third kappa shape index (κ3) is 3.59. The number of aromatic nitrogens is 1. The Kier molecular flexibility index (Phi) is 5.26. The molecule has 0 spiro atoms. The van der Waals surface area contributed by atoms with Crippen molar-refractivity contribution in [3.05, 3.63) is 69.1 Å². The van der Waals surface area contributed by atoms with Crippen molar-refractivity contribution in [1.82, 2.24) is 9.47 Å². The molecule has 1 N–H and O–H groups in total. The monoisotopic (exact) mass is 394 g/mol. The lowest BCUT2D eigenvalue weighted by Crippen LogP contribution is -2.40. The Morgan fingerprint density at radius 2 is 1.83 bits per heavy atom. The third-order valence-corrected chi connectivity index (χ3v) is 6.40. The molecule has 152 valence electrons. The Morgan fingerprint density at radius 3 is 2.52 bits per heavy atom. The molecule has 1 aliphatic heterocycles. The minimum atomic E-state index is -1.18. The molecule has 1 aromatic heterocycles. The molecular formula is C23H26N2O4. The fraction of sp³-hybridized carbons (Fsp3) is 0.435. The first-order valence-electron chi connectivity index (χ1n) is 10.3. The highest BCUT2D eigenvalue weighted by Gasteiger charge is 2.33. The first kappa shape index (κ1) is 19.4. The van der Waals surface area contributed by atoms with Crippen molar-refractivity contribution in [1.29, 1.82) is 0 Å². The summed E-state index contributed by atoms with van der Waals surface area (Å²) in [5.41, 5.74) is 2.01. The molecule has 2 aliphatic rings. The summed E-state index contributed by atoms with van der Waals surface area (Å²) in [5, 5.41) is 9.81. The van der Waals surface area contributed by atoms with Crippen LogP contribution in [0.25, 0.3) is 0 Å². The van der Waals surface area contributed by atoms with E-state index in [2.05, 4.69) is 12.1 Å². The predicted molar refractivity (Wildman–Crippen MR) is 109 cm³/mol. The first-order chi connectivity index (χ1) is 14.0. The molecule has 1 saturated carbocycles. The molecule has 2 atom stereocenters. The molecule has 2 aromatic rings. The highest BCUT2D eigenvalue weighted by atomic mass is 16.4. The van der Waals surface area contributed by atoms with Crippen molar-refractivity contribution in [3.63, 3.8) is 0 Å². The van der Waals surface area contributed by atoms with E-state index in [-0.39, 0.29) is 23.4 Å². The number of carbonyl (C=O) groups excluding carboxylic acids is 1. The van der Waals surface area contributed by atoms with Gasteiger partial charge in [-0.25, -0.2) is 4.79 Å². The third-order valence-electron chi connectivity index (χ3n) is 6.40. The van der Waals surface area contributed by atoms with Crippen LogP contribution in [0.2, 0.25) is 0 Å². The fourth-order valence-electron chi connectivity index (χ4n) is 4.95. The van der Waals surface area contributed by atoms with Crippen LogP contribution in [-0.2, 0) is 17.8 Å². The second-order valence-corrected chi connectivity index (χ2v) is 8.09. The molecule has 0 unspecified atom stereocenters. The second-order valence-electron chi connectivity index (χ2n) is 8.09. The zero-order chi connectivity index (χ0) is 20.5. The van der Waals surface area contributed by atoms with Crippen LogP contribution < -0.4 is 5.56 Å². The van der Waals surface area contributed by atoms with E-state index in [1.54, 1.807) is 9.47 Å². The quantitative estimate of drug-likeness (QED) is 0.866. The Morgan fingerprint density at radius 1 is 1.10 bits per heavy atom. The largest absolute Gasteiger partial charge is 0.477 e. The first-order valence-corrected chi connectivity index (χ1v) is 10.3. The van der Waals surface area contributed by atoms with E-state index in [1.165, 1.54) is 12.5 Å². The highest BCUT2D eigenvalue weighted by molar-refractivity contribution is 5.89. The van der Waals surface area contributed by atoms with Crippen molar-refractivity contribution in [2.45, 2.75) is 57.5 Å². The van der Waals surface area contributed by atoms with Crippen LogP contribution in [0.1, 0.15) is 71.6 Å². The van der Waals surface area contributed by atoms with Crippen molar-refractivity contribution < 1.29 is 14.7 Å². The number of carboxylic acid groups (broad SMARTS) is 1. The zero-order valence-electron chi connectivity index (χ0n) is 16.6. The van der Waals surface area contributed by atoms with Crippen LogP contribution in [0, 0.1) is 0 Å². The summed E-state index contributed by atoms with van der Waals surface area (Å²) < 4.78 is 1.66. The van der Waals surface area contributed by atoms with Gasteiger partial charge in [-0.1, -0.05) is 43.2 Å². The number of carboxylic acids is 1. The summed E-state index contributed by atoms with van der Waals surface area (Å²) >= 11 is 0. The van der Waals surface area contributed by atoms with Crippen molar-refractivity contribution in [2.24, 2.45) is 0 Å². The standard InChI is InChI=1S/C23H26N2O4/c1-15(26)24-12-11-19-17(13-24)14-25(22(27)21(19)23(28)29)20-10-6-5-9-18(20)16-7-3-2-4-8-16/h2-4,7-8,14,18,20H,5-6,9-13H2,1H3,(H,28,29)/t18-,20+/m0/s1. The molecular weight excluding hydrogens is 368 g/mol. The Hall–Kier alpha value is -2.89. The number of hydrogen-bond acceptors (Lipinski definition) is 3. The molecule has 2 heterocycles. The van der Waals surface area contributed by atoms with Crippen LogP contribution in [0.15, 0.2) is 41.3 Å². The van der Waals surface area contributed by atoms with Gasteiger partial charge < -0.3 is 14.6 Å². The van der Waals surface area contributed by atoms with Gasteiger partial charge in [0.25, 0.3) is 5.56 Å². The molecule has 6 heteroatoms. The minimum Gasteiger partial charge on any atom is -0.477 e. The molecule has 1 aromatic carbocycles. The molecule has 0 radical (unpaired) electrons. The smallest absolute Gasteiger partial charge is 0.341 e. The summed E-state index contributed by atoms with van der Waals surface area (Å²) in [7, 11) is 0. The van der Waals surface area contributed by atoms with E-state index in [0.29, 0.717) is 25.1 Å². The molecule has 29 heavy (non-hydrogen) atoms. The van der Waals surface area contributed by atoms with Gasteiger partial charge in [-0.2, -0.15) is 0 Å². The van der Waals surface area contributed by atoms with Crippen LogP contribution in [0.4, 0.5) is 0 Å². The summed E-state index contributed by atoms with van der Waals surface area (Å²) in [4.78, 5) is 38.8. The van der Waals surface area contributed by atoms with Crippen LogP contribution >= 0.6 is 0 Å². The molecule has 0 bridgehead atoms. The number of rotatable bonds is 3. The molecule has 0 saturated heterocycles. The topological polar surface area (TPSA) is 79.6 Å². The Bertz CT molecular complexity index is 996. The van der Waals surface area contributed by atoms with Crippen molar-refractivity contribution in [2.75, 3.05) is 6.54 Å².